The third-order valence-corrected chi connectivity index (χ3v) is 2.56. The van der Waals surface area contributed by atoms with Crippen molar-refractivity contribution in [1.29, 1.82) is 0 Å². The molecule has 0 bridgehead atoms. The molecular weight excluding hydrogens is 275 g/mol. The van der Waals surface area contributed by atoms with Gasteiger partial charge in [-0.1, -0.05) is 18.2 Å². The third kappa shape index (κ3) is 5.29. The van der Waals surface area contributed by atoms with Crippen LogP contribution in [-0.4, -0.2) is 23.5 Å². The van der Waals surface area contributed by atoms with Crippen molar-refractivity contribution in [2.45, 2.75) is 25.4 Å². The SMILES string of the molecule is O=C(O)CCCNC(=O)Cc1ccccc1C(F)(F)F. The van der Waals surface area contributed by atoms with Crippen molar-refractivity contribution in [3.05, 3.63) is 35.4 Å². The molecule has 0 spiro atoms. The molecule has 0 unspecified atom stereocenters. The second-order valence-electron chi connectivity index (χ2n) is 4.18. The van der Waals surface area contributed by atoms with E-state index in [0.717, 1.165) is 6.07 Å². The average molecular weight is 289 g/mol. The number of carboxylic acids is 1. The van der Waals surface area contributed by atoms with E-state index in [1.807, 2.05) is 0 Å². The molecule has 2 N–H and O–H groups in total. The Kier molecular flexibility index (Phi) is 5.54. The number of nitrogens with one attached hydrogen (secondary N) is 1. The van der Waals surface area contributed by atoms with Crippen molar-refractivity contribution < 1.29 is 27.9 Å². The zero-order chi connectivity index (χ0) is 15.2. The van der Waals surface area contributed by atoms with Crippen LogP contribution in [0.25, 0.3) is 0 Å². The van der Waals surface area contributed by atoms with E-state index in [-0.39, 0.29) is 31.4 Å². The molecule has 0 heterocycles. The van der Waals surface area contributed by atoms with E-state index in [0.29, 0.717) is 0 Å². The summed E-state index contributed by atoms with van der Waals surface area (Å²) in [4.78, 5) is 21.8. The molecule has 1 amide bonds. The Hall–Kier alpha value is -2.05. The van der Waals surface area contributed by atoms with E-state index in [2.05, 4.69) is 5.32 Å². The Morgan fingerprint density at radius 2 is 1.85 bits per heavy atom. The quantitative estimate of drug-likeness (QED) is 0.789. The Morgan fingerprint density at radius 1 is 1.20 bits per heavy atom. The van der Waals surface area contributed by atoms with Gasteiger partial charge >= 0.3 is 12.1 Å². The van der Waals surface area contributed by atoms with Crippen molar-refractivity contribution in [2.75, 3.05) is 6.54 Å². The molecule has 1 aromatic carbocycles. The van der Waals surface area contributed by atoms with Crippen molar-refractivity contribution >= 4 is 11.9 Å². The smallest absolute Gasteiger partial charge is 0.416 e. The molecule has 1 aromatic rings. The van der Waals surface area contributed by atoms with Crippen LogP contribution < -0.4 is 5.32 Å². The molecule has 0 saturated heterocycles. The Morgan fingerprint density at radius 3 is 2.45 bits per heavy atom. The van der Waals surface area contributed by atoms with E-state index in [4.69, 9.17) is 5.11 Å². The lowest BCUT2D eigenvalue weighted by atomic mass is 10.0. The summed E-state index contributed by atoms with van der Waals surface area (Å²) >= 11 is 0. The monoisotopic (exact) mass is 289 g/mol. The Labute approximate surface area is 113 Å². The van der Waals surface area contributed by atoms with E-state index in [1.54, 1.807) is 0 Å². The molecule has 0 aliphatic heterocycles. The van der Waals surface area contributed by atoms with Crippen molar-refractivity contribution in [3.63, 3.8) is 0 Å². The number of carboxylic acid groups (broad SMARTS) is 1. The minimum Gasteiger partial charge on any atom is -0.481 e. The topological polar surface area (TPSA) is 66.4 Å². The second-order valence-corrected chi connectivity index (χ2v) is 4.18. The maximum absolute atomic E-state index is 12.7. The third-order valence-electron chi connectivity index (χ3n) is 2.56. The molecule has 7 heteroatoms. The van der Waals surface area contributed by atoms with E-state index in [9.17, 15) is 22.8 Å². The van der Waals surface area contributed by atoms with Gasteiger partial charge < -0.3 is 10.4 Å². The van der Waals surface area contributed by atoms with Gasteiger partial charge in [-0.3, -0.25) is 9.59 Å². The van der Waals surface area contributed by atoms with Gasteiger partial charge in [-0.15, -0.1) is 0 Å². The zero-order valence-corrected chi connectivity index (χ0v) is 10.5. The number of benzene rings is 1. The first-order chi connectivity index (χ1) is 9.30. The minimum atomic E-state index is -4.50. The van der Waals surface area contributed by atoms with Gasteiger partial charge in [0.15, 0.2) is 0 Å². The van der Waals surface area contributed by atoms with Crippen LogP contribution in [0.2, 0.25) is 0 Å². The molecule has 0 aliphatic rings. The first-order valence-corrected chi connectivity index (χ1v) is 5.94. The van der Waals surface area contributed by atoms with Gasteiger partial charge in [-0.05, 0) is 18.1 Å². The molecule has 0 atom stereocenters. The number of carbonyl (C=O) groups is 2. The van der Waals surface area contributed by atoms with E-state index in [1.165, 1.54) is 18.2 Å². The summed E-state index contributed by atoms with van der Waals surface area (Å²) in [6.45, 7) is 0.124. The largest absolute Gasteiger partial charge is 0.481 e. The molecule has 0 aliphatic carbocycles. The molecule has 1 rings (SSSR count). The highest BCUT2D eigenvalue weighted by Gasteiger charge is 2.33. The molecule has 0 aromatic heterocycles. The van der Waals surface area contributed by atoms with E-state index < -0.39 is 23.6 Å². The summed E-state index contributed by atoms with van der Waals surface area (Å²) in [6, 6.07) is 4.87. The highest BCUT2D eigenvalue weighted by atomic mass is 19.4. The molecule has 4 nitrogen and oxygen atoms in total. The number of rotatable bonds is 6. The maximum atomic E-state index is 12.7. The predicted octanol–water partition coefficient (Wildman–Crippen LogP) is 2.23. The highest BCUT2D eigenvalue weighted by Crippen LogP contribution is 2.31. The van der Waals surface area contributed by atoms with Gasteiger partial charge in [0.2, 0.25) is 5.91 Å². The lowest BCUT2D eigenvalue weighted by Gasteiger charge is -2.12. The van der Waals surface area contributed by atoms with Crippen LogP contribution in [0.3, 0.4) is 0 Å². The van der Waals surface area contributed by atoms with Crippen LogP contribution in [0, 0.1) is 0 Å². The zero-order valence-electron chi connectivity index (χ0n) is 10.5. The summed E-state index contributed by atoms with van der Waals surface area (Å²) in [5.74, 6) is -1.55. The van der Waals surface area contributed by atoms with Gasteiger partial charge in [0.1, 0.15) is 0 Å². The summed E-state index contributed by atoms with van der Waals surface area (Å²) in [5.41, 5.74) is -0.934. The van der Waals surface area contributed by atoms with Gasteiger partial charge in [-0.25, -0.2) is 0 Å². The number of alkyl halides is 3. The van der Waals surface area contributed by atoms with Crippen LogP contribution >= 0.6 is 0 Å². The van der Waals surface area contributed by atoms with Gasteiger partial charge in [0.25, 0.3) is 0 Å². The predicted molar refractivity (Wildman–Crippen MR) is 65.0 cm³/mol. The number of hydrogen-bond donors (Lipinski definition) is 2. The fourth-order valence-electron chi connectivity index (χ4n) is 1.65. The van der Waals surface area contributed by atoms with Crippen LogP contribution in [0.5, 0.6) is 0 Å². The minimum absolute atomic E-state index is 0.0978. The maximum Gasteiger partial charge on any atom is 0.416 e. The number of carbonyl (C=O) groups excluding carboxylic acids is 1. The summed E-state index contributed by atoms with van der Waals surface area (Å²) in [7, 11) is 0. The summed E-state index contributed by atoms with van der Waals surface area (Å²) in [6.07, 6.45) is -4.75. The molecule has 20 heavy (non-hydrogen) atoms. The van der Waals surface area contributed by atoms with E-state index >= 15 is 0 Å². The lowest BCUT2D eigenvalue weighted by molar-refractivity contribution is -0.139. The summed E-state index contributed by atoms with van der Waals surface area (Å²) < 4.78 is 38.1. The average Bonchev–Trinajstić information content (AvgIpc) is 2.34. The van der Waals surface area contributed by atoms with Crippen molar-refractivity contribution in [3.8, 4) is 0 Å². The second kappa shape index (κ2) is 6.93. The normalized spacial score (nSPS) is 11.2. The lowest BCUT2D eigenvalue weighted by Crippen LogP contribution is -2.27. The number of amides is 1. The number of hydrogen-bond acceptors (Lipinski definition) is 2. The highest BCUT2D eigenvalue weighted by molar-refractivity contribution is 5.79. The molecule has 110 valence electrons. The Balaban J connectivity index is 2.56. The summed E-state index contributed by atoms with van der Waals surface area (Å²) in [5, 5.41) is 10.8. The van der Waals surface area contributed by atoms with Crippen LogP contribution in [0.4, 0.5) is 13.2 Å². The molecule has 0 fully saturated rings. The van der Waals surface area contributed by atoms with Crippen molar-refractivity contribution in [2.24, 2.45) is 0 Å². The first-order valence-electron chi connectivity index (χ1n) is 5.94. The number of aliphatic carboxylic acids is 1. The number of halogens is 3. The van der Waals surface area contributed by atoms with Gasteiger partial charge in [-0.2, -0.15) is 13.2 Å². The first kappa shape index (κ1) is 16.0. The standard InChI is InChI=1S/C13H14F3NO3/c14-13(15,16)10-5-2-1-4-9(10)8-11(18)17-7-3-6-12(19)20/h1-2,4-5H,3,6-8H2,(H,17,18)(H,19,20). The van der Waals surface area contributed by atoms with Crippen molar-refractivity contribution in [1.82, 2.24) is 5.32 Å². The molecular formula is C13H14F3NO3. The fourth-order valence-corrected chi connectivity index (χ4v) is 1.65. The van der Waals surface area contributed by atoms with Crippen LogP contribution in [0.1, 0.15) is 24.0 Å². The van der Waals surface area contributed by atoms with Gasteiger partial charge in [0.05, 0.1) is 12.0 Å². The van der Waals surface area contributed by atoms with Gasteiger partial charge in [0, 0.05) is 13.0 Å². The molecule has 0 radical (unpaired) electrons. The molecule has 0 saturated carbocycles. The fraction of sp³-hybridized carbons (Fsp3) is 0.385. The van der Waals surface area contributed by atoms with Crippen LogP contribution in [-0.2, 0) is 22.2 Å². The Bertz CT molecular complexity index is 486. The van der Waals surface area contributed by atoms with Crippen LogP contribution in [0.15, 0.2) is 24.3 Å².